The van der Waals surface area contributed by atoms with Crippen LogP contribution < -0.4 is 0 Å². The number of aromatic nitrogens is 1. The van der Waals surface area contributed by atoms with Gasteiger partial charge in [0.2, 0.25) is 0 Å². The maximum atomic E-state index is 12.9. The number of morpholine rings is 1. The number of benzene rings is 1. The molecule has 0 spiro atoms. The lowest BCUT2D eigenvalue weighted by Crippen LogP contribution is -2.48. The highest BCUT2D eigenvalue weighted by molar-refractivity contribution is 7.18. The summed E-state index contributed by atoms with van der Waals surface area (Å²) in [7, 11) is 1.63. The molecule has 2 fully saturated rings. The van der Waals surface area contributed by atoms with Gasteiger partial charge in [0, 0.05) is 13.7 Å². The van der Waals surface area contributed by atoms with Gasteiger partial charge in [-0.25, -0.2) is 4.98 Å². The number of thiazole rings is 1. The van der Waals surface area contributed by atoms with Crippen molar-refractivity contribution in [3.05, 3.63) is 29.3 Å². The van der Waals surface area contributed by atoms with E-state index in [0.717, 1.165) is 28.1 Å². The first kappa shape index (κ1) is 15.1. The van der Waals surface area contributed by atoms with Gasteiger partial charge in [-0.05, 0) is 30.9 Å². The lowest BCUT2D eigenvalue weighted by atomic mass is 10.1. The van der Waals surface area contributed by atoms with Crippen LogP contribution in [-0.2, 0) is 14.3 Å². The molecule has 2 aromatic rings. The molecule has 1 aliphatic heterocycles. The van der Waals surface area contributed by atoms with E-state index in [-0.39, 0.29) is 18.1 Å². The summed E-state index contributed by atoms with van der Waals surface area (Å²) >= 11 is 1.64. The molecule has 2 unspecified atom stereocenters. The van der Waals surface area contributed by atoms with Crippen molar-refractivity contribution < 1.29 is 14.3 Å². The highest BCUT2D eigenvalue weighted by Gasteiger charge is 2.41. The zero-order chi connectivity index (χ0) is 15.8. The van der Waals surface area contributed by atoms with E-state index in [0.29, 0.717) is 25.7 Å². The van der Waals surface area contributed by atoms with Crippen LogP contribution in [0.3, 0.4) is 0 Å². The number of carbonyl (C=O) groups is 1. The quantitative estimate of drug-likeness (QED) is 0.864. The number of para-hydroxylation sites is 1. The smallest absolute Gasteiger partial charge is 0.252 e. The van der Waals surface area contributed by atoms with Crippen molar-refractivity contribution in [1.82, 2.24) is 9.88 Å². The van der Waals surface area contributed by atoms with E-state index in [1.54, 1.807) is 18.4 Å². The molecule has 0 bridgehead atoms. The first-order valence-corrected chi connectivity index (χ1v) is 8.86. The maximum Gasteiger partial charge on any atom is 0.252 e. The van der Waals surface area contributed by atoms with Crippen LogP contribution in [0.1, 0.15) is 23.9 Å². The van der Waals surface area contributed by atoms with E-state index in [4.69, 9.17) is 14.5 Å². The number of amides is 1. The molecular weight excluding hydrogens is 312 g/mol. The Kier molecular flexibility index (Phi) is 4.05. The van der Waals surface area contributed by atoms with Crippen molar-refractivity contribution in [1.29, 1.82) is 0 Å². The van der Waals surface area contributed by atoms with Gasteiger partial charge >= 0.3 is 0 Å². The van der Waals surface area contributed by atoms with Crippen molar-refractivity contribution in [2.24, 2.45) is 5.92 Å². The van der Waals surface area contributed by atoms with Gasteiger partial charge < -0.3 is 14.4 Å². The maximum absolute atomic E-state index is 12.9. The largest absolute Gasteiger partial charge is 0.377 e. The number of ether oxygens (including phenoxy) is 2. The van der Waals surface area contributed by atoms with E-state index >= 15 is 0 Å². The average Bonchev–Trinajstić information content (AvgIpc) is 3.32. The van der Waals surface area contributed by atoms with Crippen molar-refractivity contribution in [2.45, 2.75) is 25.0 Å². The van der Waals surface area contributed by atoms with Crippen molar-refractivity contribution in [2.75, 3.05) is 26.9 Å². The number of rotatable bonds is 4. The molecule has 5 nitrogen and oxygen atoms in total. The molecule has 1 aromatic heterocycles. The molecule has 6 heteroatoms. The predicted molar refractivity (Wildman–Crippen MR) is 88.4 cm³/mol. The third kappa shape index (κ3) is 2.86. The van der Waals surface area contributed by atoms with Gasteiger partial charge in [0.25, 0.3) is 5.91 Å². The summed E-state index contributed by atoms with van der Waals surface area (Å²) in [6.07, 6.45) is 1.85. The highest BCUT2D eigenvalue weighted by atomic mass is 32.1. The standard InChI is InChI=1S/C17H20N2O3S/c1-21-15(11-6-7-11)17(20)19-8-9-22-10-13(19)16-18-12-4-2-3-5-14(12)23-16/h2-5,11,13,15H,6-10H2,1H3. The Morgan fingerprint density at radius 3 is 3.00 bits per heavy atom. The summed E-state index contributed by atoms with van der Waals surface area (Å²) in [5.41, 5.74) is 0.982. The Balaban J connectivity index is 1.63. The van der Waals surface area contributed by atoms with Crippen LogP contribution in [0.15, 0.2) is 24.3 Å². The van der Waals surface area contributed by atoms with E-state index in [9.17, 15) is 4.79 Å². The molecule has 1 aromatic carbocycles. The first-order valence-electron chi connectivity index (χ1n) is 8.04. The molecule has 122 valence electrons. The van der Waals surface area contributed by atoms with Crippen LogP contribution in [0.4, 0.5) is 0 Å². The van der Waals surface area contributed by atoms with Crippen molar-refractivity contribution in [3.63, 3.8) is 0 Å². The Morgan fingerprint density at radius 1 is 1.43 bits per heavy atom. The number of carbonyl (C=O) groups excluding carboxylic acids is 1. The summed E-state index contributed by atoms with van der Waals surface area (Å²) in [4.78, 5) is 19.6. The fourth-order valence-corrected chi connectivity index (χ4v) is 4.23. The van der Waals surface area contributed by atoms with Crippen LogP contribution in [0.25, 0.3) is 10.2 Å². The fraction of sp³-hybridized carbons (Fsp3) is 0.529. The Morgan fingerprint density at radius 2 is 2.26 bits per heavy atom. The Hall–Kier alpha value is -1.50. The van der Waals surface area contributed by atoms with Crippen molar-refractivity contribution in [3.8, 4) is 0 Å². The molecule has 23 heavy (non-hydrogen) atoms. The zero-order valence-corrected chi connectivity index (χ0v) is 13.9. The minimum absolute atomic E-state index is 0.0857. The summed E-state index contributed by atoms with van der Waals surface area (Å²) in [5.74, 6) is 0.467. The van der Waals surface area contributed by atoms with Gasteiger partial charge in [-0.3, -0.25) is 4.79 Å². The van der Waals surface area contributed by atoms with E-state index in [1.165, 1.54) is 0 Å². The summed E-state index contributed by atoms with van der Waals surface area (Å²) in [5, 5.41) is 0.949. The summed E-state index contributed by atoms with van der Waals surface area (Å²) < 4.78 is 12.3. The number of fused-ring (bicyclic) bond motifs is 1. The minimum Gasteiger partial charge on any atom is -0.377 e. The Labute approximate surface area is 139 Å². The molecule has 0 radical (unpaired) electrons. The average molecular weight is 332 g/mol. The van der Waals surface area contributed by atoms with Gasteiger partial charge in [-0.15, -0.1) is 11.3 Å². The molecule has 1 amide bonds. The number of nitrogens with zero attached hydrogens (tertiary/aromatic N) is 2. The lowest BCUT2D eigenvalue weighted by Gasteiger charge is -2.36. The number of hydrogen-bond donors (Lipinski definition) is 0. The van der Waals surface area contributed by atoms with Crippen LogP contribution in [-0.4, -0.2) is 48.8 Å². The number of methoxy groups -OCH3 is 1. The SMILES string of the molecule is COC(C(=O)N1CCOCC1c1nc2ccccc2s1)C1CC1. The van der Waals surface area contributed by atoms with Gasteiger partial charge in [0.1, 0.15) is 17.2 Å². The molecule has 2 heterocycles. The first-order chi connectivity index (χ1) is 11.3. The Bertz CT molecular complexity index is 680. The van der Waals surface area contributed by atoms with Crippen LogP contribution in [0, 0.1) is 5.92 Å². The molecule has 1 saturated carbocycles. The van der Waals surface area contributed by atoms with Gasteiger partial charge in [0.05, 0.1) is 23.4 Å². The topological polar surface area (TPSA) is 51.7 Å². The van der Waals surface area contributed by atoms with E-state index < -0.39 is 0 Å². The summed E-state index contributed by atoms with van der Waals surface area (Å²) in [6.45, 7) is 1.69. The van der Waals surface area contributed by atoms with Crippen LogP contribution in [0.2, 0.25) is 0 Å². The molecule has 2 aliphatic rings. The fourth-order valence-electron chi connectivity index (χ4n) is 3.16. The second-order valence-electron chi connectivity index (χ2n) is 6.14. The second-order valence-corrected chi connectivity index (χ2v) is 7.20. The van der Waals surface area contributed by atoms with Gasteiger partial charge in [-0.1, -0.05) is 12.1 Å². The van der Waals surface area contributed by atoms with E-state index in [2.05, 4.69) is 6.07 Å². The second kappa shape index (κ2) is 6.19. The molecule has 2 atom stereocenters. The molecule has 1 aliphatic carbocycles. The zero-order valence-electron chi connectivity index (χ0n) is 13.1. The van der Waals surface area contributed by atoms with Crippen LogP contribution >= 0.6 is 11.3 Å². The minimum atomic E-state index is -0.315. The molecule has 4 rings (SSSR count). The number of hydrogen-bond acceptors (Lipinski definition) is 5. The predicted octanol–water partition coefficient (Wildman–Crippen LogP) is 2.62. The third-order valence-corrected chi connectivity index (χ3v) is 5.69. The van der Waals surface area contributed by atoms with Gasteiger partial charge in [0.15, 0.2) is 0 Å². The van der Waals surface area contributed by atoms with Crippen LogP contribution in [0.5, 0.6) is 0 Å². The normalized spacial score (nSPS) is 23.2. The van der Waals surface area contributed by atoms with Crippen molar-refractivity contribution >= 4 is 27.5 Å². The molecular formula is C17H20N2O3S. The highest BCUT2D eigenvalue weighted by Crippen LogP contribution is 2.37. The van der Waals surface area contributed by atoms with Gasteiger partial charge in [-0.2, -0.15) is 0 Å². The monoisotopic (exact) mass is 332 g/mol. The molecule has 0 N–H and O–H groups in total. The lowest BCUT2D eigenvalue weighted by molar-refractivity contribution is -0.152. The third-order valence-electron chi connectivity index (χ3n) is 4.55. The summed E-state index contributed by atoms with van der Waals surface area (Å²) in [6, 6.07) is 7.96. The molecule has 1 saturated heterocycles. The van der Waals surface area contributed by atoms with E-state index in [1.807, 2.05) is 23.1 Å².